The van der Waals surface area contributed by atoms with Gasteiger partial charge in [-0.1, -0.05) is 19.9 Å². The fourth-order valence-electron chi connectivity index (χ4n) is 5.51. The first-order valence-corrected chi connectivity index (χ1v) is 15.8. The van der Waals surface area contributed by atoms with Crippen molar-refractivity contribution >= 4 is 52.9 Å². The Hall–Kier alpha value is -4.94. The SMILES string of the molecule is CCCN(CCC)C(=O)C1=Cc2ccc(C(=O)Nc3ccc(N4CCC(C(=O)NCCNC(=O)OC)CC4)nc3)cc2N=C(N)C1. The van der Waals surface area contributed by atoms with Crippen molar-refractivity contribution in [2.75, 3.05) is 56.6 Å². The van der Waals surface area contributed by atoms with Crippen molar-refractivity contribution in [3.63, 3.8) is 0 Å². The second kappa shape index (κ2) is 16.4. The van der Waals surface area contributed by atoms with E-state index >= 15 is 0 Å². The van der Waals surface area contributed by atoms with E-state index < -0.39 is 6.09 Å². The molecular formula is C33H44N8O5. The zero-order valence-electron chi connectivity index (χ0n) is 26.8. The van der Waals surface area contributed by atoms with Crippen LogP contribution in [0.5, 0.6) is 0 Å². The van der Waals surface area contributed by atoms with Crippen molar-refractivity contribution in [2.24, 2.45) is 16.6 Å². The average Bonchev–Trinajstić information content (AvgIpc) is 3.23. The summed E-state index contributed by atoms with van der Waals surface area (Å²) in [6.07, 6.45) is 6.26. The summed E-state index contributed by atoms with van der Waals surface area (Å²) in [6, 6.07) is 8.81. The second-order valence-electron chi connectivity index (χ2n) is 11.3. The number of methoxy groups -OCH3 is 1. The van der Waals surface area contributed by atoms with Crippen LogP contribution in [-0.4, -0.2) is 85.9 Å². The number of nitrogens with zero attached hydrogens (tertiary/aromatic N) is 4. The molecule has 1 saturated heterocycles. The van der Waals surface area contributed by atoms with E-state index in [0.29, 0.717) is 80.5 Å². The highest BCUT2D eigenvalue weighted by molar-refractivity contribution is 6.08. The summed E-state index contributed by atoms with van der Waals surface area (Å²) in [5, 5.41) is 8.27. The average molecular weight is 633 g/mol. The maximum Gasteiger partial charge on any atom is 0.406 e. The van der Waals surface area contributed by atoms with E-state index in [9.17, 15) is 19.2 Å². The largest absolute Gasteiger partial charge is 0.453 e. The summed E-state index contributed by atoms with van der Waals surface area (Å²) in [5.41, 5.74) is 9.00. The van der Waals surface area contributed by atoms with Crippen LogP contribution in [0.4, 0.5) is 22.0 Å². The molecule has 5 N–H and O–H groups in total. The Bertz CT molecular complexity index is 1460. The molecule has 46 heavy (non-hydrogen) atoms. The van der Waals surface area contributed by atoms with Crippen LogP contribution in [0.25, 0.3) is 6.08 Å². The number of hydrogen-bond acceptors (Lipinski definition) is 9. The molecule has 0 unspecified atom stereocenters. The smallest absolute Gasteiger partial charge is 0.406 e. The van der Waals surface area contributed by atoms with Gasteiger partial charge in [-0.05, 0) is 56.0 Å². The van der Waals surface area contributed by atoms with Crippen LogP contribution < -0.4 is 26.6 Å². The van der Waals surface area contributed by atoms with Gasteiger partial charge in [-0.15, -0.1) is 0 Å². The van der Waals surface area contributed by atoms with Gasteiger partial charge in [-0.3, -0.25) is 14.4 Å². The molecule has 2 aliphatic rings. The molecule has 4 rings (SSSR count). The fraction of sp³-hybridized carbons (Fsp3) is 0.455. The van der Waals surface area contributed by atoms with E-state index in [0.717, 1.165) is 24.2 Å². The van der Waals surface area contributed by atoms with E-state index in [2.05, 4.69) is 35.6 Å². The number of rotatable bonds is 12. The lowest BCUT2D eigenvalue weighted by Gasteiger charge is -2.32. The van der Waals surface area contributed by atoms with Crippen molar-refractivity contribution in [3.8, 4) is 0 Å². The third kappa shape index (κ3) is 9.05. The van der Waals surface area contributed by atoms with Gasteiger partial charge < -0.3 is 36.2 Å². The molecule has 246 valence electrons. The molecule has 1 aromatic carbocycles. The van der Waals surface area contributed by atoms with Gasteiger partial charge in [0, 0.05) is 68.3 Å². The minimum Gasteiger partial charge on any atom is -0.453 e. The first kappa shape index (κ1) is 33.9. The molecule has 0 aliphatic carbocycles. The van der Waals surface area contributed by atoms with Crippen LogP contribution in [0.15, 0.2) is 47.1 Å². The molecule has 2 aliphatic heterocycles. The number of aromatic nitrogens is 1. The first-order chi connectivity index (χ1) is 22.2. The number of fused-ring (bicyclic) bond motifs is 1. The summed E-state index contributed by atoms with van der Waals surface area (Å²) in [4.78, 5) is 63.0. The number of pyridine rings is 1. The minimum atomic E-state index is -0.530. The second-order valence-corrected chi connectivity index (χ2v) is 11.3. The van der Waals surface area contributed by atoms with Crippen molar-refractivity contribution < 1.29 is 23.9 Å². The van der Waals surface area contributed by atoms with Crippen molar-refractivity contribution in [1.29, 1.82) is 0 Å². The number of amidine groups is 1. The number of piperidine rings is 1. The van der Waals surface area contributed by atoms with Gasteiger partial charge in [-0.2, -0.15) is 0 Å². The zero-order valence-corrected chi connectivity index (χ0v) is 26.8. The number of amides is 4. The first-order valence-electron chi connectivity index (χ1n) is 15.8. The van der Waals surface area contributed by atoms with Crippen LogP contribution in [0.2, 0.25) is 0 Å². The fourth-order valence-corrected chi connectivity index (χ4v) is 5.51. The molecule has 1 aromatic heterocycles. The van der Waals surface area contributed by atoms with Crippen LogP contribution >= 0.6 is 0 Å². The van der Waals surface area contributed by atoms with E-state index in [1.165, 1.54) is 7.11 Å². The minimum absolute atomic E-state index is 0.0287. The third-order valence-electron chi connectivity index (χ3n) is 7.88. The lowest BCUT2D eigenvalue weighted by molar-refractivity contribution is -0.127. The highest BCUT2D eigenvalue weighted by atomic mass is 16.5. The number of aliphatic imine (C=N–C) groups is 1. The molecule has 3 heterocycles. The van der Waals surface area contributed by atoms with Crippen LogP contribution in [0.3, 0.4) is 0 Å². The van der Waals surface area contributed by atoms with Crippen molar-refractivity contribution in [3.05, 3.63) is 53.2 Å². The number of ether oxygens (including phenoxy) is 1. The molecule has 2 aromatic rings. The summed E-state index contributed by atoms with van der Waals surface area (Å²) in [5.74, 6) is 0.598. The number of hydrogen-bond donors (Lipinski definition) is 4. The monoisotopic (exact) mass is 632 g/mol. The molecule has 1 fully saturated rings. The van der Waals surface area contributed by atoms with Crippen LogP contribution in [0, 0.1) is 5.92 Å². The lowest BCUT2D eigenvalue weighted by Crippen LogP contribution is -2.42. The van der Waals surface area contributed by atoms with Crippen molar-refractivity contribution in [1.82, 2.24) is 20.5 Å². The van der Waals surface area contributed by atoms with E-state index in [-0.39, 0.29) is 30.1 Å². The van der Waals surface area contributed by atoms with Gasteiger partial charge in [0.15, 0.2) is 0 Å². The topological polar surface area (TPSA) is 171 Å². The molecule has 0 spiro atoms. The van der Waals surface area contributed by atoms with E-state index in [1.54, 1.807) is 30.5 Å². The van der Waals surface area contributed by atoms with Crippen molar-refractivity contribution in [2.45, 2.75) is 46.0 Å². The Kier molecular flexibility index (Phi) is 12.1. The Labute approximate surface area is 269 Å². The molecule has 13 heteroatoms. The van der Waals surface area contributed by atoms with Gasteiger partial charge in [0.25, 0.3) is 5.91 Å². The Morgan fingerprint density at radius 2 is 1.74 bits per heavy atom. The Morgan fingerprint density at radius 1 is 1.02 bits per heavy atom. The maximum absolute atomic E-state index is 13.2. The number of nitrogens with one attached hydrogen (secondary N) is 3. The molecule has 0 saturated carbocycles. The summed E-state index contributed by atoms with van der Waals surface area (Å²) in [6.45, 7) is 7.45. The summed E-state index contributed by atoms with van der Waals surface area (Å²) in [7, 11) is 1.29. The van der Waals surface area contributed by atoms with Gasteiger partial charge >= 0.3 is 6.09 Å². The number of carbonyl (C=O) groups excluding carboxylic acids is 4. The van der Waals surface area contributed by atoms with Gasteiger partial charge in [0.1, 0.15) is 11.7 Å². The van der Waals surface area contributed by atoms with Gasteiger partial charge in [0.05, 0.1) is 24.7 Å². The molecule has 13 nitrogen and oxygen atoms in total. The maximum atomic E-state index is 13.2. The zero-order chi connectivity index (χ0) is 33.1. The predicted molar refractivity (Wildman–Crippen MR) is 178 cm³/mol. The van der Waals surface area contributed by atoms with Gasteiger partial charge in [0.2, 0.25) is 11.8 Å². The predicted octanol–water partition coefficient (Wildman–Crippen LogP) is 3.45. The number of carbonyl (C=O) groups is 4. The summed E-state index contributed by atoms with van der Waals surface area (Å²) < 4.78 is 4.51. The number of alkyl carbamates (subject to hydrolysis) is 1. The number of anilines is 2. The third-order valence-corrected chi connectivity index (χ3v) is 7.88. The summed E-state index contributed by atoms with van der Waals surface area (Å²) >= 11 is 0. The highest BCUT2D eigenvalue weighted by Gasteiger charge is 2.26. The van der Waals surface area contributed by atoms with Crippen LogP contribution in [-0.2, 0) is 14.3 Å². The molecule has 4 amide bonds. The van der Waals surface area contributed by atoms with E-state index in [4.69, 9.17) is 5.73 Å². The highest BCUT2D eigenvalue weighted by Crippen LogP contribution is 2.29. The van der Waals surface area contributed by atoms with Gasteiger partial charge in [-0.25, -0.2) is 14.8 Å². The van der Waals surface area contributed by atoms with Crippen LogP contribution in [0.1, 0.15) is 61.9 Å². The standard InChI is InChI=1S/C33H44N8O5/c1-4-14-41(15-5-2)32(44)25-18-23-6-7-24(19-27(23)39-28(34)20-25)31(43)38-26-8-9-29(37-21-26)40-16-10-22(11-17-40)30(42)35-12-13-36-33(45)46-3/h6-9,18-19,21-22H,4-5,10-17,20H2,1-3H3,(H2,34,39)(H,35,42)(H,36,45)(H,38,43). The lowest BCUT2D eigenvalue weighted by atomic mass is 9.96. The number of nitrogens with two attached hydrogens (primary N) is 1. The molecule has 0 bridgehead atoms. The van der Waals surface area contributed by atoms with E-state index in [1.807, 2.05) is 30.9 Å². The Balaban J connectivity index is 1.32. The Morgan fingerprint density at radius 3 is 2.39 bits per heavy atom. The quantitative estimate of drug-likeness (QED) is 0.258. The number of benzene rings is 1. The molecule has 0 atom stereocenters. The molecule has 0 radical (unpaired) electrons. The normalized spacial score (nSPS) is 14.6. The molecular weight excluding hydrogens is 588 g/mol.